The smallest absolute Gasteiger partial charge is 0.224 e. The third-order valence-corrected chi connectivity index (χ3v) is 4.49. The molecule has 1 amide bonds. The first kappa shape index (κ1) is 13.5. The van der Waals surface area contributed by atoms with Crippen molar-refractivity contribution < 1.29 is 13.6 Å². The summed E-state index contributed by atoms with van der Waals surface area (Å²) in [5.41, 5.74) is -0.0117. The summed E-state index contributed by atoms with van der Waals surface area (Å²) in [6.45, 7) is 0.563. The summed E-state index contributed by atoms with van der Waals surface area (Å²) < 4.78 is 26.7. The van der Waals surface area contributed by atoms with Gasteiger partial charge in [0, 0.05) is 17.4 Å². The van der Waals surface area contributed by atoms with E-state index in [9.17, 15) is 13.6 Å². The number of hydrogen-bond acceptors (Lipinski definition) is 1. The highest BCUT2D eigenvalue weighted by Crippen LogP contribution is 2.46. The van der Waals surface area contributed by atoms with E-state index in [1.165, 1.54) is 6.07 Å². The summed E-state index contributed by atoms with van der Waals surface area (Å²) in [6, 6.07) is 3.61. The van der Waals surface area contributed by atoms with Gasteiger partial charge in [0.05, 0.1) is 6.42 Å². The SMILES string of the molecule is O=C(Cc1c(F)cccc1F)NCC1(CBr)CC1. The molecule has 0 atom stereocenters. The maximum Gasteiger partial charge on any atom is 0.224 e. The fraction of sp³-hybridized carbons (Fsp3) is 0.462. The van der Waals surface area contributed by atoms with E-state index in [-0.39, 0.29) is 23.3 Å². The van der Waals surface area contributed by atoms with E-state index in [1.807, 2.05) is 0 Å². The molecular weight excluding hydrogens is 304 g/mol. The molecule has 1 aromatic rings. The van der Waals surface area contributed by atoms with Gasteiger partial charge in [-0.15, -0.1) is 0 Å². The quantitative estimate of drug-likeness (QED) is 0.831. The van der Waals surface area contributed by atoms with Crippen LogP contribution in [0.1, 0.15) is 18.4 Å². The van der Waals surface area contributed by atoms with Crippen LogP contribution in [0.4, 0.5) is 8.78 Å². The normalized spacial score (nSPS) is 16.4. The Balaban J connectivity index is 1.91. The fourth-order valence-corrected chi connectivity index (χ4v) is 2.50. The molecule has 18 heavy (non-hydrogen) atoms. The van der Waals surface area contributed by atoms with Gasteiger partial charge < -0.3 is 5.32 Å². The Morgan fingerprint density at radius 1 is 1.33 bits per heavy atom. The van der Waals surface area contributed by atoms with Gasteiger partial charge >= 0.3 is 0 Å². The van der Waals surface area contributed by atoms with E-state index < -0.39 is 11.6 Å². The van der Waals surface area contributed by atoms with Gasteiger partial charge in [-0.05, 0) is 30.4 Å². The van der Waals surface area contributed by atoms with Crippen molar-refractivity contribution in [1.82, 2.24) is 5.32 Å². The van der Waals surface area contributed by atoms with Gasteiger partial charge in [-0.1, -0.05) is 22.0 Å². The zero-order valence-corrected chi connectivity index (χ0v) is 11.4. The van der Waals surface area contributed by atoms with E-state index in [0.29, 0.717) is 6.54 Å². The first-order chi connectivity index (χ1) is 8.56. The molecule has 0 aliphatic heterocycles. The molecule has 1 fully saturated rings. The van der Waals surface area contributed by atoms with Crippen molar-refractivity contribution in [3.05, 3.63) is 35.4 Å². The minimum Gasteiger partial charge on any atom is -0.355 e. The van der Waals surface area contributed by atoms with Gasteiger partial charge in [-0.2, -0.15) is 0 Å². The predicted octanol–water partition coefficient (Wildman–Crippen LogP) is 2.80. The summed E-state index contributed by atoms with van der Waals surface area (Å²) in [5, 5.41) is 3.58. The maximum absolute atomic E-state index is 13.3. The summed E-state index contributed by atoms with van der Waals surface area (Å²) in [6.07, 6.45) is 1.90. The lowest BCUT2D eigenvalue weighted by Gasteiger charge is -2.13. The molecule has 0 spiro atoms. The molecule has 1 aliphatic carbocycles. The zero-order valence-electron chi connectivity index (χ0n) is 9.81. The van der Waals surface area contributed by atoms with Crippen molar-refractivity contribution in [1.29, 1.82) is 0 Å². The lowest BCUT2D eigenvalue weighted by atomic mass is 10.1. The molecule has 0 radical (unpaired) electrons. The first-order valence-electron chi connectivity index (χ1n) is 5.82. The number of halogens is 3. The standard InChI is InChI=1S/C13H14BrF2NO/c14-7-13(4-5-13)8-17-12(18)6-9-10(15)2-1-3-11(9)16/h1-3H,4-8H2,(H,17,18). The average Bonchev–Trinajstić information content (AvgIpc) is 3.12. The molecular formula is C13H14BrF2NO. The molecule has 1 aromatic carbocycles. The molecule has 1 N–H and O–H groups in total. The first-order valence-corrected chi connectivity index (χ1v) is 6.94. The number of nitrogens with one attached hydrogen (secondary N) is 1. The van der Waals surface area contributed by atoms with Crippen LogP contribution in [0.15, 0.2) is 18.2 Å². The van der Waals surface area contributed by atoms with Gasteiger partial charge in [0.15, 0.2) is 0 Å². The summed E-state index contributed by atoms with van der Waals surface area (Å²) in [7, 11) is 0. The Morgan fingerprint density at radius 3 is 2.44 bits per heavy atom. The number of carbonyl (C=O) groups excluding carboxylic acids is 1. The molecule has 0 aromatic heterocycles. The van der Waals surface area contributed by atoms with Crippen LogP contribution in [0, 0.1) is 17.0 Å². The lowest BCUT2D eigenvalue weighted by Crippen LogP contribution is -2.32. The lowest BCUT2D eigenvalue weighted by molar-refractivity contribution is -0.120. The Morgan fingerprint density at radius 2 is 1.94 bits per heavy atom. The fourth-order valence-electron chi connectivity index (χ4n) is 1.74. The number of benzene rings is 1. The Hall–Kier alpha value is -0.970. The highest BCUT2D eigenvalue weighted by atomic mass is 79.9. The molecule has 5 heteroatoms. The number of alkyl halides is 1. The summed E-state index contributed by atoms with van der Waals surface area (Å²) in [5.74, 6) is -1.69. The minimum absolute atomic E-state index is 0.156. The maximum atomic E-state index is 13.3. The van der Waals surface area contributed by atoms with Crippen molar-refractivity contribution in [2.45, 2.75) is 19.3 Å². The minimum atomic E-state index is -0.674. The number of hydrogen-bond donors (Lipinski definition) is 1. The van der Waals surface area contributed by atoms with Gasteiger partial charge in [0.1, 0.15) is 11.6 Å². The Bertz CT molecular complexity index is 440. The van der Waals surface area contributed by atoms with Crippen LogP contribution < -0.4 is 5.32 Å². The molecule has 0 saturated heterocycles. The number of amides is 1. The average molecular weight is 318 g/mol. The highest BCUT2D eigenvalue weighted by molar-refractivity contribution is 9.09. The third kappa shape index (κ3) is 3.07. The van der Waals surface area contributed by atoms with Gasteiger partial charge in [-0.25, -0.2) is 8.78 Å². The monoisotopic (exact) mass is 317 g/mol. The van der Waals surface area contributed by atoms with E-state index in [1.54, 1.807) is 0 Å². The second-order valence-electron chi connectivity index (χ2n) is 4.79. The molecule has 0 bridgehead atoms. The third-order valence-electron chi connectivity index (χ3n) is 3.30. The van der Waals surface area contributed by atoms with Crippen molar-refractivity contribution in [3.63, 3.8) is 0 Å². The highest BCUT2D eigenvalue weighted by Gasteiger charge is 2.41. The molecule has 1 aliphatic rings. The van der Waals surface area contributed by atoms with Crippen molar-refractivity contribution in [2.24, 2.45) is 5.41 Å². The van der Waals surface area contributed by atoms with E-state index in [0.717, 1.165) is 30.3 Å². The van der Waals surface area contributed by atoms with Crippen LogP contribution in [-0.2, 0) is 11.2 Å². The molecule has 98 valence electrons. The Labute approximate surface area is 113 Å². The van der Waals surface area contributed by atoms with Crippen LogP contribution in [0.3, 0.4) is 0 Å². The second kappa shape index (κ2) is 5.34. The summed E-state index contributed by atoms with van der Waals surface area (Å²) in [4.78, 5) is 11.6. The van der Waals surface area contributed by atoms with E-state index in [2.05, 4.69) is 21.2 Å². The second-order valence-corrected chi connectivity index (χ2v) is 5.35. The van der Waals surface area contributed by atoms with Crippen molar-refractivity contribution in [3.8, 4) is 0 Å². The van der Waals surface area contributed by atoms with Crippen LogP contribution in [0.25, 0.3) is 0 Å². The van der Waals surface area contributed by atoms with Crippen molar-refractivity contribution in [2.75, 3.05) is 11.9 Å². The van der Waals surface area contributed by atoms with Gasteiger partial charge in [0.25, 0.3) is 0 Å². The van der Waals surface area contributed by atoms with Gasteiger partial charge in [-0.3, -0.25) is 4.79 Å². The number of rotatable bonds is 5. The number of carbonyl (C=O) groups is 1. The summed E-state index contributed by atoms with van der Waals surface area (Å²) >= 11 is 3.40. The van der Waals surface area contributed by atoms with Crippen LogP contribution in [-0.4, -0.2) is 17.8 Å². The predicted molar refractivity (Wildman–Crippen MR) is 68.5 cm³/mol. The topological polar surface area (TPSA) is 29.1 Å². The molecule has 2 nitrogen and oxygen atoms in total. The largest absolute Gasteiger partial charge is 0.355 e. The Kier molecular flexibility index (Phi) is 4.00. The zero-order chi connectivity index (χ0) is 13.2. The van der Waals surface area contributed by atoms with E-state index >= 15 is 0 Å². The van der Waals surface area contributed by atoms with E-state index in [4.69, 9.17) is 0 Å². The van der Waals surface area contributed by atoms with Gasteiger partial charge in [0.2, 0.25) is 5.91 Å². The van der Waals surface area contributed by atoms with Crippen molar-refractivity contribution >= 4 is 21.8 Å². The molecule has 0 unspecified atom stereocenters. The molecule has 2 rings (SSSR count). The van der Waals surface area contributed by atoms with Crippen LogP contribution in [0.5, 0.6) is 0 Å². The molecule has 0 heterocycles. The van der Waals surface area contributed by atoms with Crippen LogP contribution in [0.2, 0.25) is 0 Å². The van der Waals surface area contributed by atoms with Crippen LogP contribution >= 0.6 is 15.9 Å². The molecule has 1 saturated carbocycles.